The molecule has 3 heteroatoms. The maximum absolute atomic E-state index is 11.9. The van der Waals surface area contributed by atoms with Crippen molar-refractivity contribution < 1.29 is 9.53 Å². The van der Waals surface area contributed by atoms with E-state index in [2.05, 4.69) is 25.7 Å². The second kappa shape index (κ2) is 7.44. The lowest BCUT2D eigenvalue weighted by Crippen LogP contribution is -2.50. The lowest BCUT2D eigenvalue weighted by molar-refractivity contribution is -0.150. The Morgan fingerprint density at radius 1 is 1.56 bits per heavy atom. The lowest BCUT2D eigenvalue weighted by atomic mass is 9.92. The average Bonchev–Trinajstić information content (AvgIpc) is 2.24. The number of carbonyl (C=O) groups excluding carboxylic acids is 1. The fourth-order valence-electron chi connectivity index (χ4n) is 1.43. The number of rotatable bonds is 8. The minimum Gasteiger partial charge on any atom is -0.465 e. The van der Waals surface area contributed by atoms with Gasteiger partial charge in [0.2, 0.25) is 0 Å². The maximum atomic E-state index is 11.9. The summed E-state index contributed by atoms with van der Waals surface area (Å²) in [4.78, 5) is 11.9. The summed E-state index contributed by atoms with van der Waals surface area (Å²) < 4.78 is 5.10. The van der Waals surface area contributed by atoms with Gasteiger partial charge in [-0.2, -0.15) is 0 Å². The Morgan fingerprint density at radius 2 is 2.19 bits per heavy atom. The van der Waals surface area contributed by atoms with Crippen molar-refractivity contribution in [2.45, 2.75) is 46.1 Å². The first-order chi connectivity index (χ1) is 7.46. The van der Waals surface area contributed by atoms with Crippen LogP contribution in [-0.2, 0) is 9.53 Å². The van der Waals surface area contributed by atoms with Crippen LogP contribution in [0.15, 0.2) is 12.7 Å². The molecule has 0 radical (unpaired) electrons. The molecule has 0 bridgehead atoms. The van der Waals surface area contributed by atoms with Crippen molar-refractivity contribution >= 4 is 5.97 Å². The molecule has 0 aromatic rings. The molecule has 0 spiro atoms. The van der Waals surface area contributed by atoms with Gasteiger partial charge in [0.25, 0.3) is 0 Å². The van der Waals surface area contributed by atoms with Gasteiger partial charge < -0.3 is 4.74 Å². The second-order valence-electron chi connectivity index (χ2n) is 4.65. The van der Waals surface area contributed by atoms with Gasteiger partial charge in [0, 0.05) is 6.54 Å². The first-order valence-electron chi connectivity index (χ1n) is 5.99. The van der Waals surface area contributed by atoms with Crippen LogP contribution in [0.2, 0.25) is 0 Å². The van der Waals surface area contributed by atoms with Crippen molar-refractivity contribution in [1.82, 2.24) is 5.32 Å². The molecule has 0 fully saturated rings. The highest BCUT2D eigenvalue weighted by Gasteiger charge is 2.33. The van der Waals surface area contributed by atoms with Crippen LogP contribution < -0.4 is 5.32 Å². The van der Waals surface area contributed by atoms with E-state index in [1.165, 1.54) is 0 Å². The first-order valence-corrected chi connectivity index (χ1v) is 5.99. The summed E-state index contributed by atoms with van der Waals surface area (Å²) in [5.74, 6) is 0.414. The van der Waals surface area contributed by atoms with Crippen molar-refractivity contribution in [3.8, 4) is 0 Å². The predicted octanol–water partition coefficient (Wildman–Crippen LogP) is 2.52. The Balaban J connectivity index is 4.45. The number of hydrogen-bond donors (Lipinski definition) is 1. The third-order valence-electron chi connectivity index (χ3n) is 2.58. The zero-order valence-corrected chi connectivity index (χ0v) is 11.0. The molecule has 0 aliphatic heterocycles. The number of carbonyl (C=O) groups is 1. The van der Waals surface area contributed by atoms with Gasteiger partial charge in [-0.05, 0) is 32.6 Å². The average molecular weight is 227 g/mol. The predicted molar refractivity (Wildman–Crippen MR) is 67.3 cm³/mol. The topological polar surface area (TPSA) is 38.3 Å². The van der Waals surface area contributed by atoms with Crippen LogP contribution in [0.4, 0.5) is 0 Å². The Labute approximate surface area is 99.3 Å². The normalized spacial score (nSPS) is 14.6. The molecule has 94 valence electrons. The van der Waals surface area contributed by atoms with E-state index in [-0.39, 0.29) is 5.97 Å². The molecule has 0 aliphatic carbocycles. The van der Waals surface area contributed by atoms with Crippen molar-refractivity contribution in [2.75, 3.05) is 13.2 Å². The van der Waals surface area contributed by atoms with Gasteiger partial charge >= 0.3 is 5.97 Å². The molecule has 0 saturated heterocycles. The van der Waals surface area contributed by atoms with Crippen LogP contribution in [0, 0.1) is 5.92 Å². The molecule has 0 rings (SSSR count). The molecule has 1 atom stereocenters. The van der Waals surface area contributed by atoms with Crippen molar-refractivity contribution in [3.05, 3.63) is 12.7 Å². The van der Waals surface area contributed by atoms with Gasteiger partial charge in [-0.15, -0.1) is 6.58 Å². The van der Waals surface area contributed by atoms with Crippen LogP contribution in [0.3, 0.4) is 0 Å². The molecule has 0 amide bonds. The molecule has 1 unspecified atom stereocenters. The van der Waals surface area contributed by atoms with Crippen LogP contribution in [0.5, 0.6) is 0 Å². The molecule has 0 heterocycles. The zero-order chi connectivity index (χ0) is 12.6. The highest BCUT2D eigenvalue weighted by atomic mass is 16.5. The Morgan fingerprint density at radius 3 is 2.62 bits per heavy atom. The minimum atomic E-state index is -0.589. The van der Waals surface area contributed by atoms with E-state index < -0.39 is 5.54 Å². The van der Waals surface area contributed by atoms with E-state index in [1.54, 1.807) is 6.08 Å². The number of nitrogens with one attached hydrogen (secondary N) is 1. The molecular weight excluding hydrogens is 202 g/mol. The van der Waals surface area contributed by atoms with Gasteiger partial charge in [0.1, 0.15) is 5.54 Å². The summed E-state index contributed by atoms with van der Waals surface area (Å²) in [6, 6.07) is 0. The number of ether oxygens (including phenoxy) is 1. The Kier molecular flexibility index (Phi) is 7.06. The number of hydrogen-bond acceptors (Lipinski definition) is 3. The summed E-state index contributed by atoms with van der Waals surface area (Å²) in [7, 11) is 0. The lowest BCUT2D eigenvalue weighted by Gasteiger charge is -2.28. The largest absolute Gasteiger partial charge is 0.465 e. The molecular formula is C13H25NO2. The van der Waals surface area contributed by atoms with Crippen molar-refractivity contribution in [2.24, 2.45) is 5.92 Å². The number of esters is 1. The van der Waals surface area contributed by atoms with Crippen molar-refractivity contribution in [3.63, 3.8) is 0 Å². The molecule has 0 aliphatic rings. The zero-order valence-electron chi connectivity index (χ0n) is 11.0. The summed E-state index contributed by atoms with van der Waals surface area (Å²) in [6.45, 7) is 12.7. The molecule has 3 nitrogen and oxygen atoms in total. The van der Waals surface area contributed by atoms with Crippen LogP contribution in [0.1, 0.15) is 40.5 Å². The monoisotopic (exact) mass is 227 g/mol. The second-order valence-corrected chi connectivity index (χ2v) is 4.65. The van der Waals surface area contributed by atoms with Gasteiger partial charge in [-0.25, -0.2) is 0 Å². The van der Waals surface area contributed by atoms with E-state index in [0.717, 1.165) is 12.8 Å². The fraction of sp³-hybridized carbons (Fsp3) is 0.769. The molecule has 16 heavy (non-hydrogen) atoms. The van der Waals surface area contributed by atoms with E-state index in [1.807, 2.05) is 13.8 Å². The highest BCUT2D eigenvalue weighted by Crippen LogP contribution is 2.18. The van der Waals surface area contributed by atoms with Crippen molar-refractivity contribution in [1.29, 1.82) is 0 Å². The smallest absolute Gasteiger partial charge is 0.326 e. The first kappa shape index (κ1) is 15.2. The minimum absolute atomic E-state index is 0.169. The van der Waals surface area contributed by atoms with Gasteiger partial charge in [-0.1, -0.05) is 19.9 Å². The third kappa shape index (κ3) is 5.31. The molecule has 0 aromatic heterocycles. The summed E-state index contributed by atoms with van der Waals surface area (Å²) >= 11 is 0. The molecule has 1 N–H and O–H groups in total. The van der Waals surface area contributed by atoms with E-state index in [0.29, 0.717) is 19.1 Å². The maximum Gasteiger partial charge on any atom is 0.326 e. The third-order valence-corrected chi connectivity index (χ3v) is 2.58. The quantitative estimate of drug-likeness (QED) is 0.511. The summed E-state index contributed by atoms with van der Waals surface area (Å²) in [5, 5.41) is 3.19. The standard InChI is InChI=1S/C13H25NO2/c1-6-10-14-13(5,9-8-11(3)4)12(15)16-7-2/h6,11,14H,1,7-10H2,2-5H3. The van der Waals surface area contributed by atoms with E-state index in [4.69, 9.17) is 4.74 Å². The van der Waals surface area contributed by atoms with Crippen LogP contribution in [-0.4, -0.2) is 24.7 Å². The molecule has 0 saturated carbocycles. The van der Waals surface area contributed by atoms with Gasteiger partial charge in [0.15, 0.2) is 0 Å². The van der Waals surface area contributed by atoms with Gasteiger partial charge in [0.05, 0.1) is 6.61 Å². The van der Waals surface area contributed by atoms with E-state index >= 15 is 0 Å². The fourth-order valence-corrected chi connectivity index (χ4v) is 1.43. The van der Waals surface area contributed by atoms with E-state index in [9.17, 15) is 4.79 Å². The summed E-state index contributed by atoms with van der Waals surface area (Å²) in [5.41, 5.74) is -0.589. The summed E-state index contributed by atoms with van der Waals surface area (Å²) in [6.07, 6.45) is 3.55. The Bertz CT molecular complexity index is 226. The SMILES string of the molecule is C=CCNC(C)(CCC(C)C)C(=O)OCC. The van der Waals surface area contributed by atoms with Crippen LogP contribution in [0.25, 0.3) is 0 Å². The van der Waals surface area contributed by atoms with Gasteiger partial charge in [-0.3, -0.25) is 10.1 Å². The molecule has 0 aromatic carbocycles. The van der Waals surface area contributed by atoms with Crippen LogP contribution >= 0.6 is 0 Å². The highest BCUT2D eigenvalue weighted by molar-refractivity contribution is 5.80. The Hall–Kier alpha value is -0.830.